The SMILES string of the molecule is Fc1ccc(C(Br)c2cc(Cl)sc2Cl)cc1Cl. The molecule has 0 fully saturated rings. The second-order valence-electron chi connectivity index (χ2n) is 3.32. The number of rotatable bonds is 2. The largest absolute Gasteiger partial charge is 0.205 e. The number of benzene rings is 1. The Kier molecular flexibility index (Phi) is 4.37. The molecule has 0 saturated heterocycles. The number of hydrogen-bond acceptors (Lipinski definition) is 1. The molecule has 17 heavy (non-hydrogen) atoms. The Morgan fingerprint density at radius 3 is 2.41 bits per heavy atom. The van der Waals surface area contributed by atoms with Crippen LogP contribution in [0.1, 0.15) is 16.0 Å². The quantitative estimate of drug-likeness (QED) is 0.539. The van der Waals surface area contributed by atoms with Crippen LogP contribution in [0.2, 0.25) is 13.7 Å². The Morgan fingerprint density at radius 1 is 1.18 bits per heavy atom. The summed E-state index contributed by atoms with van der Waals surface area (Å²) < 4.78 is 14.3. The van der Waals surface area contributed by atoms with Gasteiger partial charge < -0.3 is 0 Å². The molecule has 0 nitrogen and oxygen atoms in total. The van der Waals surface area contributed by atoms with Gasteiger partial charge in [-0.25, -0.2) is 4.39 Å². The van der Waals surface area contributed by atoms with Crippen LogP contribution in [-0.2, 0) is 0 Å². The van der Waals surface area contributed by atoms with Crippen molar-refractivity contribution < 1.29 is 4.39 Å². The molecule has 6 heteroatoms. The van der Waals surface area contributed by atoms with E-state index >= 15 is 0 Å². The molecule has 1 atom stereocenters. The fraction of sp³-hybridized carbons (Fsp3) is 0.0909. The highest BCUT2D eigenvalue weighted by molar-refractivity contribution is 9.09. The highest BCUT2D eigenvalue weighted by Gasteiger charge is 2.17. The minimum Gasteiger partial charge on any atom is -0.205 e. The summed E-state index contributed by atoms with van der Waals surface area (Å²) in [5, 5.41) is 0.0874. The zero-order valence-electron chi connectivity index (χ0n) is 8.18. The highest BCUT2D eigenvalue weighted by atomic mass is 79.9. The summed E-state index contributed by atoms with van der Waals surface area (Å²) in [6.07, 6.45) is 0. The third-order valence-corrected chi connectivity index (χ3v) is 5.02. The minimum absolute atomic E-state index is 0.0874. The summed E-state index contributed by atoms with van der Waals surface area (Å²) in [6, 6.07) is 6.33. The van der Waals surface area contributed by atoms with E-state index in [1.807, 2.05) is 0 Å². The lowest BCUT2D eigenvalue weighted by Crippen LogP contribution is -1.92. The lowest BCUT2D eigenvalue weighted by molar-refractivity contribution is 0.627. The highest BCUT2D eigenvalue weighted by Crippen LogP contribution is 2.42. The molecular weight excluding hydrogens is 369 g/mol. The molecule has 2 rings (SSSR count). The second-order valence-corrected chi connectivity index (χ2v) is 6.92. The van der Waals surface area contributed by atoms with Crippen LogP contribution in [0.5, 0.6) is 0 Å². The van der Waals surface area contributed by atoms with Crippen LogP contribution in [0.15, 0.2) is 24.3 Å². The molecule has 0 bridgehead atoms. The Balaban J connectivity index is 2.40. The lowest BCUT2D eigenvalue weighted by atomic mass is 10.1. The summed E-state index contributed by atoms with van der Waals surface area (Å²) in [5.41, 5.74) is 1.68. The number of halogens is 5. The maximum atomic E-state index is 13.1. The topological polar surface area (TPSA) is 0 Å². The molecule has 0 saturated carbocycles. The normalized spacial score (nSPS) is 12.8. The summed E-state index contributed by atoms with van der Waals surface area (Å²) >= 11 is 22.5. The smallest absolute Gasteiger partial charge is 0.141 e. The molecule has 0 aliphatic heterocycles. The van der Waals surface area contributed by atoms with Crippen LogP contribution in [0, 0.1) is 5.82 Å². The summed E-state index contributed by atoms with van der Waals surface area (Å²) in [4.78, 5) is -0.156. The molecule has 0 spiro atoms. The first-order valence-electron chi connectivity index (χ1n) is 4.53. The van der Waals surface area contributed by atoms with Crippen molar-refractivity contribution in [2.24, 2.45) is 0 Å². The first kappa shape index (κ1) is 13.6. The third-order valence-electron chi connectivity index (χ3n) is 2.19. The first-order chi connectivity index (χ1) is 7.99. The molecule has 0 N–H and O–H groups in total. The number of thiophene rings is 1. The fourth-order valence-corrected chi connectivity index (χ4v) is 4.03. The molecule has 90 valence electrons. The van der Waals surface area contributed by atoms with Crippen molar-refractivity contribution in [2.45, 2.75) is 4.83 Å². The van der Waals surface area contributed by atoms with Crippen LogP contribution >= 0.6 is 62.1 Å². The lowest BCUT2D eigenvalue weighted by Gasteiger charge is -2.10. The van der Waals surface area contributed by atoms with Gasteiger partial charge in [-0.15, -0.1) is 11.3 Å². The van der Waals surface area contributed by atoms with Gasteiger partial charge in [-0.2, -0.15) is 0 Å². The molecule has 2 aromatic rings. The van der Waals surface area contributed by atoms with Crippen LogP contribution in [0.25, 0.3) is 0 Å². The summed E-state index contributed by atoms with van der Waals surface area (Å²) in [7, 11) is 0. The third kappa shape index (κ3) is 2.96. The van der Waals surface area contributed by atoms with E-state index in [9.17, 15) is 4.39 Å². The van der Waals surface area contributed by atoms with Crippen molar-refractivity contribution in [1.82, 2.24) is 0 Å². The van der Waals surface area contributed by atoms with Gasteiger partial charge in [0.25, 0.3) is 0 Å². The van der Waals surface area contributed by atoms with Crippen molar-refractivity contribution in [2.75, 3.05) is 0 Å². The molecule has 1 aromatic carbocycles. The van der Waals surface area contributed by atoms with E-state index in [2.05, 4.69) is 15.9 Å². The monoisotopic (exact) mass is 372 g/mol. The van der Waals surface area contributed by atoms with Gasteiger partial charge in [0, 0.05) is 5.56 Å². The zero-order chi connectivity index (χ0) is 12.6. The van der Waals surface area contributed by atoms with Gasteiger partial charge in [-0.3, -0.25) is 0 Å². The Morgan fingerprint density at radius 2 is 1.88 bits per heavy atom. The van der Waals surface area contributed by atoms with Gasteiger partial charge >= 0.3 is 0 Å². The molecule has 1 unspecified atom stereocenters. The summed E-state index contributed by atoms with van der Waals surface area (Å²) in [6.45, 7) is 0. The van der Waals surface area contributed by atoms with Gasteiger partial charge in [0.15, 0.2) is 0 Å². The van der Waals surface area contributed by atoms with E-state index in [0.717, 1.165) is 11.1 Å². The van der Waals surface area contributed by atoms with E-state index in [1.54, 1.807) is 18.2 Å². The Hall–Kier alpha value is 0.200. The zero-order valence-corrected chi connectivity index (χ0v) is 12.9. The van der Waals surface area contributed by atoms with Crippen LogP contribution in [0.3, 0.4) is 0 Å². The van der Waals surface area contributed by atoms with Crippen molar-refractivity contribution in [3.05, 3.63) is 54.9 Å². The van der Waals surface area contributed by atoms with E-state index in [1.165, 1.54) is 17.4 Å². The molecule has 1 aromatic heterocycles. The standard InChI is InChI=1S/C11H5BrCl3FS/c12-10(6-4-9(14)17-11(6)15)5-1-2-8(16)7(13)3-5/h1-4,10H. The first-order valence-corrected chi connectivity index (χ1v) is 7.39. The van der Waals surface area contributed by atoms with E-state index in [-0.39, 0.29) is 9.85 Å². The predicted octanol–water partition coefficient (Wildman–Crippen LogP) is 6.33. The van der Waals surface area contributed by atoms with E-state index in [4.69, 9.17) is 34.8 Å². The molecule has 0 amide bonds. The molecule has 0 aliphatic carbocycles. The minimum atomic E-state index is -0.440. The van der Waals surface area contributed by atoms with E-state index in [0.29, 0.717) is 8.67 Å². The average Bonchev–Trinajstić information content (AvgIpc) is 2.61. The van der Waals surface area contributed by atoms with Gasteiger partial charge in [-0.1, -0.05) is 56.8 Å². The molecule has 0 aliphatic rings. The van der Waals surface area contributed by atoms with Gasteiger partial charge in [0.2, 0.25) is 0 Å². The average molecular weight is 374 g/mol. The van der Waals surface area contributed by atoms with Gasteiger partial charge in [0.05, 0.1) is 18.5 Å². The maximum absolute atomic E-state index is 13.1. The Bertz CT molecular complexity index is 556. The van der Waals surface area contributed by atoms with Crippen molar-refractivity contribution in [1.29, 1.82) is 0 Å². The van der Waals surface area contributed by atoms with Crippen LogP contribution in [0.4, 0.5) is 4.39 Å². The molecule has 0 radical (unpaired) electrons. The summed E-state index contributed by atoms with van der Waals surface area (Å²) in [5.74, 6) is -0.440. The Labute approximate surface area is 125 Å². The number of alkyl halides is 1. The van der Waals surface area contributed by atoms with Crippen molar-refractivity contribution >= 4 is 62.1 Å². The van der Waals surface area contributed by atoms with E-state index < -0.39 is 5.82 Å². The molecular formula is C11H5BrCl3FS. The number of hydrogen-bond donors (Lipinski definition) is 0. The van der Waals surface area contributed by atoms with Crippen molar-refractivity contribution in [3.63, 3.8) is 0 Å². The maximum Gasteiger partial charge on any atom is 0.141 e. The van der Waals surface area contributed by atoms with Crippen LogP contribution in [-0.4, -0.2) is 0 Å². The second kappa shape index (κ2) is 5.45. The molecule has 1 heterocycles. The van der Waals surface area contributed by atoms with Gasteiger partial charge in [0.1, 0.15) is 5.82 Å². The fourth-order valence-electron chi connectivity index (χ4n) is 1.38. The predicted molar refractivity (Wildman–Crippen MR) is 76.5 cm³/mol. The van der Waals surface area contributed by atoms with Gasteiger partial charge in [-0.05, 0) is 23.8 Å². The van der Waals surface area contributed by atoms with Crippen molar-refractivity contribution in [3.8, 4) is 0 Å². The van der Waals surface area contributed by atoms with Crippen LogP contribution < -0.4 is 0 Å².